The first-order chi connectivity index (χ1) is 10.7. The molecule has 2 nitrogen and oxygen atoms in total. The van der Waals surface area contributed by atoms with Crippen LogP contribution >= 0.6 is 8.58 Å². The molecule has 2 aromatic rings. The molecule has 0 bridgehead atoms. The number of ether oxygens (including phenoxy) is 1. The van der Waals surface area contributed by atoms with Gasteiger partial charge in [-0.15, -0.1) is 0 Å². The molecule has 0 fully saturated rings. The molecule has 23 heavy (non-hydrogen) atoms. The Morgan fingerprint density at radius 3 is 1.96 bits per heavy atom. The van der Waals surface area contributed by atoms with E-state index in [2.05, 4.69) is 32.9 Å². The van der Waals surface area contributed by atoms with Gasteiger partial charge in [0.05, 0.1) is 7.11 Å². The molecule has 1 unspecified atom stereocenters. The number of hydrogen-bond acceptors (Lipinski definition) is 2. The third-order valence-corrected chi connectivity index (χ3v) is 5.07. The zero-order valence-corrected chi connectivity index (χ0v) is 15.8. The van der Waals surface area contributed by atoms with E-state index in [0.29, 0.717) is 0 Å². The molecule has 0 saturated heterocycles. The van der Waals surface area contributed by atoms with E-state index < -0.39 is 0 Å². The largest absolute Gasteiger partial charge is 0.497 e. The lowest BCUT2D eigenvalue weighted by Gasteiger charge is -2.22. The average Bonchev–Trinajstić information content (AvgIpc) is 2.46. The van der Waals surface area contributed by atoms with Crippen molar-refractivity contribution in [3.05, 3.63) is 58.7 Å². The van der Waals surface area contributed by atoms with Crippen LogP contribution < -0.4 is 10.0 Å². The molecule has 0 aliphatic carbocycles. The van der Waals surface area contributed by atoms with Crippen LogP contribution in [0.25, 0.3) is 0 Å². The minimum absolute atomic E-state index is 0.0926. The van der Waals surface area contributed by atoms with E-state index in [1.807, 2.05) is 38.1 Å². The maximum absolute atomic E-state index is 12.8. The summed E-state index contributed by atoms with van der Waals surface area (Å²) in [4.78, 5) is 12.8. The lowest BCUT2D eigenvalue weighted by molar-refractivity contribution is 0.108. The Kier molecular flexibility index (Phi) is 5.26. The van der Waals surface area contributed by atoms with Gasteiger partial charge in [-0.3, -0.25) is 4.79 Å². The van der Waals surface area contributed by atoms with Crippen molar-refractivity contribution >= 4 is 19.4 Å². The molecular formula is C20H25O2P. The molecule has 2 aromatic carbocycles. The smallest absolute Gasteiger partial charge is 0.186 e. The van der Waals surface area contributed by atoms with Gasteiger partial charge in [0.2, 0.25) is 0 Å². The van der Waals surface area contributed by atoms with E-state index in [0.717, 1.165) is 27.7 Å². The van der Waals surface area contributed by atoms with Gasteiger partial charge in [0.25, 0.3) is 0 Å². The fraction of sp³-hybridized carbons (Fsp3) is 0.350. The number of methoxy groups -OCH3 is 1. The van der Waals surface area contributed by atoms with Gasteiger partial charge in [-0.25, -0.2) is 0 Å². The highest BCUT2D eigenvalue weighted by Gasteiger charge is 2.19. The number of rotatable bonds is 4. The third kappa shape index (κ3) is 4.20. The van der Waals surface area contributed by atoms with E-state index in [-0.39, 0.29) is 19.5 Å². The van der Waals surface area contributed by atoms with E-state index in [1.165, 1.54) is 5.56 Å². The predicted octanol–water partition coefficient (Wildman–Crippen LogP) is 4.75. The number of benzene rings is 2. The first-order valence-corrected chi connectivity index (χ1v) is 8.79. The molecule has 0 aliphatic heterocycles. The van der Waals surface area contributed by atoms with Crippen molar-refractivity contribution in [3.8, 4) is 5.75 Å². The summed E-state index contributed by atoms with van der Waals surface area (Å²) in [5.74, 6) is 0.813. The van der Waals surface area contributed by atoms with Crippen molar-refractivity contribution in [2.75, 3.05) is 7.11 Å². The SMILES string of the molecule is COc1ccc(PC(=O)c2c(C)cc(C(C)(C)C)cc2C)cc1. The Labute approximate surface area is 141 Å². The number of carbonyl (C=O) groups excluding carboxylic acids is 1. The van der Waals surface area contributed by atoms with Crippen LogP contribution in [0, 0.1) is 13.8 Å². The van der Waals surface area contributed by atoms with Gasteiger partial charge >= 0.3 is 0 Å². The molecule has 0 N–H and O–H groups in total. The third-order valence-electron chi connectivity index (χ3n) is 3.97. The second-order valence-corrected chi connectivity index (χ2v) is 8.20. The first-order valence-electron chi connectivity index (χ1n) is 7.79. The Bertz CT molecular complexity index is 686. The minimum atomic E-state index is 0.0926. The zero-order chi connectivity index (χ0) is 17.2. The second kappa shape index (κ2) is 6.84. The highest BCUT2D eigenvalue weighted by molar-refractivity contribution is 7.66. The van der Waals surface area contributed by atoms with Crippen LogP contribution in [0.5, 0.6) is 5.75 Å². The zero-order valence-electron chi connectivity index (χ0n) is 14.8. The topological polar surface area (TPSA) is 26.3 Å². The quantitative estimate of drug-likeness (QED) is 0.757. The van der Waals surface area contributed by atoms with Crippen molar-refractivity contribution < 1.29 is 9.53 Å². The molecule has 0 amide bonds. The Morgan fingerprint density at radius 2 is 1.52 bits per heavy atom. The van der Waals surface area contributed by atoms with Crippen LogP contribution in [0.4, 0.5) is 0 Å². The Balaban J connectivity index is 2.28. The van der Waals surface area contributed by atoms with Gasteiger partial charge in [0.15, 0.2) is 5.52 Å². The van der Waals surface area contributed by atoms with Gasteiger partial charge in [-0.2, -0.15) is 0 Å². The second-order valence-electron chi connectivity index (χ2n) is 6.92. The Hall–Kier alpha value is -1.66. The van der Waals surface area contributed by atoms with Crippen molar-refractivity contribution in [3.63, 3.8) is 0 Å². The molecule has 0 spiro atoms. The normalized spacial score (nSPS) is 11.9. The van der Waals surface area contributed by atoms with Crippen LogP contribution in [0.15, 0.2) is 36.4 Å². The highest BCUT2D eigenvalue weighted by atomic mass is 31.1. The maximum atomic E-state index is 12.8. The summed E-state index contributed by atoms with van der Waals surface area (Å²) < 4.78 is 5.16. The number of carbonyl (C=O) groups is 1. The molecule has 0 aliphatic rings. The summed E-state index contributed by atoms with van der Waals surface area (Å²) in [6.45, 7) is 10.7. The van der Waals surface area contributed by atoms with Gasteiger partial charge in [-0.05, 0) is 62.0 Å². The summed E-state index contributed by atoms with van der Waals surface area (Å²) in [6.07, 6.45) is 0. The average molecular weight is 328 g/mol. The van der Waals surface area contributed by atoms with Crippen LogP contribution in [-0.2, 0) is 5.41 Å². The van der Waals surface area contributed by atoms with Crippen molar-refractivity contribution in [2.24, 2.45) is 0 Å². The highest BCUT2D eigenvalue weighted by Crippen LogP contribution is 2.30. The molecule has 0 radical (unpaired) electrons. The van der Waals surface area contributed by atoms with Crippen molar-refractivity contribution in [2.45, 2.75) is 40.0 Å². The monoisotopic (exact) mass is 328 g/mol. The van der Waals surface area contributed by atoms with Crippen LogP contribution in [0.1, 0.15) is 47.8 Å². The number of aryl methyl sites for hydroxylation is 2. The fourth-order valence-corrected chi connectivity index (χ4v) is 3.74. The molecular weight excluding hydrogens is 303 g/mol. The lowest BCUT2D eigenvalue weighted by atomic mass is 9.84. The maximum Gasteiger partial charge on any atom is 0.186 e. The van der Waals surface area contributed by atoms with E-state index in [1.54, 1.807) is 7.11 Å². The van der Waals surface area contributed by atoms with Crippen LogP contribution in [-0.4, -0.2) is 12.6 Å². The van der Waals surface area contributed by atoms with Crippen LogP contribution in [0.2, 0.25) is 0 Å². The molecule has 1 atom stereocenters. The van der Waals surface area contributed by atoms with Crippen LogP contribution in [0.3, 0.4) is 0 Å². The van der Waals surface area contributed by atoms with Crippen molar-refractivity contribution in [1.29, 1.82) is 0 Å². The molecule has 3 heteroatoms. The van der Waals surface area contributed by atoms with Gasteiger partial charge < -0.3 is 4.74 Å². The van der Waals surface area contributed by atoms with E-state index in [9.17, 15) is 4.79 Å². The summed E-state index contributed by atoms with van der Waals surface area (Å²) >= 11 is 0. The lowest BCUT2D eigenvalue weighted by Crippen LogP contribution is -2.13. The molecule has 0 saturated carbocycles. The van der Waals surface area contributed by atoms with Gasteiger partial charge in [0.1, 0.15) is 5.75 Å². The van der Waals surface area contributed by atoms with E-state index in [4.69, 9.17) is 4.74 Å². The molecule has 122 valence electrons. The van der Waals surface area contributed by atoms with Gasteiger partial charge in [0, 0.05) is 5.56 Å². The predicted molar refractivity (Wildman–Crippen MR) is 99.9 cm³/mol. The molecule has 0 aromatic heterocycles. The molecule has 2 rings (SSSR count). The summed E-state index contributed by atoms with van der Waals surface area (Å²) in [7, 11) is 1.78. The summed E-state index contributed by atoms with van der Waals surface area (Å²) in [6, 6.07) is 12.0. The fourth-order valence-electron chi connectivity index (χ4n) is 2.62. The summed E-state index contributed by atoms with van der Waals surface area (Å²) in [5.41, 5.74) is 4.58. The van der Waals surface area contributed by atoms with Gasteiger partial charge in [-0.1, -0.05) is 45.0 Å². The first kappa shape index (κ1) is 17.7. The number of hydrogen-bond donors (Lipinski definition) is 0. The minimum Gasteiger partial charge on any atom is -0.497 e. The summed E-state index contributed by atoms with van der Waals surface area (Å²) in [5, 5.41) is 1.04. The van der Waals surface area contributed by atoms with Crippen molar-refractivity contribution in [1.82, 2.24) is 0 Å². The Morgan fingerprint density at radius 1 is 1.00 bits per heavy atom. The standard InChI is InChI=1S/C20H25O2P/c1-13-11-15(20(3,4)5)12-14(2)18(13)19(21)23-17-9-7-16(22-6)8-10-17/h7-12,23H,1-6H3. The van der Waals surface area contributed by atoms with E-state index >= 15 is 0 Å². The molecule has 0 heterocycles.